The first-order valence-electron chi connectivity index (χ1n) is 5.58. The maximum absolute atomic E-state index is 13.7. The Morgan fingerprint density at radius 1 is 1.06 bits per heavy atom. The van der Waals surface area contributed by atoms with E-state index in [0.717, 1.165) is 11.6 Å². The van der Waals surface area contributed by atoms with Crippen LogP contribution in [-0.4, -0.2) is 7.05 Å². The van der Waals surface area contributed by atoms with Crippen LogP contribution in [0.25, 0.3) is 0 Å². The van der Waals surface area contributed by atoms with Crippen LogP contribution >= 0.6 is 0 Å². The molecule has 0 aromatic heterocycles. The second-order valence-corrected chi connectivity index (χ2v) is 4.14. The van der Waals surface area contributed by atoms with Crippen LogP contribution in [0.15, 0.2) is 42.5 Å². The molecule has 0 radical (unpaired) electrons. The minimum Gasteiger partial charge on any atom is -0.397 e. The summed E-state index contributed by atoms with van der Waals surface area (Å²) in [4.78, 5) is 1.60. The van der Waals surface area contributed by atoms with Gasteiger partial charge in [-0.1, -0.05) is 30.3 Å². The van der Waals surface area contributed by atoms with E-state index >= 15 is 0 Å². The Labute approximate surface area is 105 Å². The van der Waals surface area contributed by atoms with Gasteiger partial charge in [-0.3, -0.25) is 0 Å². The number of benzene rings is 2. The standard InChI is InChI=1S/C14H14F2N2/c1-18(9-10-5-3-2-4-6-10)14-12(17)8-7-11(15)13(14)16/h2-8H,9,17H2,1H3. The molecule has 0 saturated carbocycles. The summed E-state index contributed by atoms with van der Waals surface area (Å²) in [5, 5.41) is 0. The summed E-state index contributed by atoms with van der Waals surface area (Å²) in [5.74, 6) is -1.80. The lowest BCUT2D eigenvalue weighted by Gasteiger charge is -2.22. The van der Waals surface area contributed by atoms with E-state index in [1.807, 2.05) is 30.3 Å². The quantitative estimate of drug-likeness (QED) is 0.845. The van der Waals surface area contributed by atoms with Gasteiger partial charge in [0, 0.05) is 13.6 Å². The van der Waals surface area contributed by atoms with Gasteiger partial charge in [-0.25, -0.2) is 8.78 Å². The van der Waals surface area contributed by atoms with Crippen LogP contribution in [0, 0.1) is 11.6 Å². The van der Waals surface area contributed by atoms with Crippen molar-refractivity contribution in [3.05, 3.63) is 59.7 Å². The highest BCUT2D eigenvalue weighted by atomic mass is 19.2. The summed E-state index contributed by atoms with van der Waals surface area (Å²) in [6, 6.07) is 11.9. The van der Waals surface area contributed by atoms with Crippen LogP contribution in [0.5, 0.6) is 0 Å². The van der Waals surface area contributed by atoms with Crippen LogP contribution in [0.3, 0.4) is 0 Å². The van der Waals surface area contributed by atoms with Gasteiger partial charge in [-0.15, -0.1) is 0 Å². The number of hydrogen-bond donors (Lipinski definition) is 1. The predicted octanol–water partition coefficient (Wildman–Crippen LogP) is 3.18. The number of hydrogen-bond acceptors (Lipinski definition) is 2. The van der Waals surface area contributed by atoms with Crippen molar-refractivity contribution in [2.45, 2.75) is 6.54 Å². The molecule has 0 unspecified atom stereocenters. The fourth-order valence-electron chi connectivity index (χ4n) is 1.88. The first kappa shape index (κ1) is 12.4. The van der Waals surface area contributed by atoms with Crippen molar-refractivity contribution < 1.29 is 8.78 Å². The first-order chi connectivity index (χ1) is 8.59. The average molecular weight is 248 g/mol. The van der Waals surface area contributed by atoms with Crippen molar-refractivity contribution >= 4 is 11.4 Å². The molecule has 0 saturated heterocycles. The zero-order valence-corrected chi connectivity index (χ0v) is 10.0. The maximum atomic E-state index is 13.7. The number of rotatable bonds is 3. The van der Waals surface area contributed by atoms with Crippen LogP contribution < -0.4 is 10.6 Å². The highest BCUT2D eigenvalue weighted by Crippen LogP contribution is 2.28. The van der Waals surface area contributed by atoms with E-state index in [1.54, 1.807) is 11.9 Å². The molecule has 0 fully saturated rings. The SMILES string of the molecule is CN(Cc1ccccc1)c1c(N)ccc(F)c1F. The molecule has 2 aromatic carbocycles. The highest BCUT2D eigenvalue weighted by Gasteiger charge is 2.15. The van der Waals surface area contributed by atoms with Gasteiger partial charge in [-0.05, 0) is 17.7 Å². The predicted molar refractivity (Wildman–Crippen MR) is 69.3 cm³/mol. The van der Waals surface area contributed by atoms with E-state index in [1.165, 1.54) is 6.07 Å². The molecule has 94 valence electrons. The summed E-state index contributed by atoms with van der Waals surface area (Å²) >= 11 is 0. The van der Waals surface area contributed by atoms with E-state index in [4.69, 9.17) is 5.73 Å². The van der Waals surface area contributed by atoms with E-state index in [9.17, 15) is 8.78 Å². The Kier molecular flexibility index (Phi) is 3.46. The molecule has 2 N–H and O–H groups in total. The number of nitrogens with two attached hydrogens (primary N) is 1. The largest absolute Gasteiger partial charge is 0.397 e. The van der Waals surface area contributed by atoms with Crippen LogP contribution in [-0.2, 0) is 6.54 Å². The number of halogens is 2. The molecular formula is C14H14F2N2. The number of nitrogen functional groups attached to an aromatic ring is 1. The van der Waals surface area contributed by atoms with E-state index in [2.05, 4.69) is 0 Å². The molecule has 0 aliphatic carbocycles. The normalized spacial score (nSPS) is 10.4. The Balaban J connectivity index is 2.29. The van der Waals surface area contributed by atoms with Gasteiger partial charge < -0.3 is 10.6 Å². The fourth-order valence-corrected chi connectivity index (χ4v) is 1.88. The summed E-state index contributed by atoms with van der Waals surface area (Å²) in [6.07, 6.45) is 0. The molecule has 2 nitrogen and oxygen atoms in total. The fraction of sp³-hybridized carbons (Fsp3) is 0.143. The van der Waals surface area contributed by atoms with Gasteiger partial charge >= 0.3 is 0 Å². The smallest absolute Gasteiger partial charge is 0.184 e. The van der Waals surface area contributed by atoms with Crippen molar-refractivity contribution in [1.82, 2.24) is 0 Å². The molecule has 0 bridgehead atoms. The van der Waals surface area contributed by atoms with E-state index in [0.29, 0.717) is 6.54 Å². The summed E-state index contributed by atoms with van der Waals surface area (Å²) in [5.41, 5.74) is 7.02. The van der Waals surface area contributed by atoms with Crippen molar-refractivity contribution in [2.75, 3.05) is 17.7 Å². The lowest BCUT2D eigenvalue weighted by atomic mass is 10.2. The summed E-state index contributed by atoms with van der Waals surface area (Å²) in [7, 11) is 1.68. The van der Waals surface area contributed by atoms with Crippen molar-refractivity contribution in [2.24, 2.45) is 0 Å². The van der Waals surface area contributed by atoms with Crippen LogP contribution in [0.2, 0.25) is 0 Å². The van der Waals surface area contributed by atoms with Crippen molar-refractivity contribution in [3.63, 3.8) is 0 Å². The molecule has 18 heavy (non-hydrogen) atoms. The molecule has 0 heterocycles. The van der Waals surface area contributed by atoms with Gasteiger partial charge in [0.25, 0.3) is 0 Å². The Bertz CT molecular complexity index is 541. The summed E-state index contributed by atoms with van der Waals surface area (Å²) in [6.45, 7) is 0.464. The monoisotopic (exact) mass is 248 g/mol. The highest BCUT2D eigenvalue weighted by molar-refractivity contribution is 5.68. The molecule has 4 heteroatoms. The minimum atomic E-state index is -0.909. The zero-order chi connectivity index (χ0) is 13.1. The van der Waals surface area contributed by atoms with Gasteiger partial charge in [0.15, 0.2) is 11.6 Å². The minimum absolute atomic E-state index is 0.0962. The number of anilines is 2. The number of nitrogens with zero attached hydrogens (tertiary/aromatic N) is 1. The lowest BCUT2D eigenvalue weighted by Crippen LogP contribution is -2.19. The van der Waals surface area contributed by atoms with Crippen LogP contribution in [0.4, 0.5) is 20.2 Å². The van der Waals surface area contributed by atoms with E-state index in [-0.39, 0.29) is 11.4 Å². The molecule has 0 spiro atoms. The Morgan fingerprint density at radius 3 is 2.39 bits per heavy atom. The molecule has 0 amide bonds. The van der Waals surface area contributed by atoms with Crippen LogP contribution in [0.1, 0.15) is 5.56 Å². The topological polar surface area (TPSA) is 29.3 Å². The third kappa shape index (κ3) is 2.42. The van der Waals surface area contributed by atoms with Gasteiger partial charge in [0.1, 0.15) is 0 Å². The van der Waals surface area contributed by atoms with Gasteiger partial charge in [-0.2, -0.15) is 0 Å². The van der Waals surface area contributed by atoms with E-state index < -0.39 is 11.6 Å². The second-order valence-electron chi connectivity index (χ2n) is 4.14. The first-order valence-corrected chi connectivity index (χ1v) is 5.58. The molecule has 0 atom stereocenters. The van der Waals surface area contributed by atoms with Gasteiger partial charge in [0.05, 0.1) is 11.4 Å². The zero-order valence-electron chi connectivity index (χ0n) is 10.0. The van der Waals surface area contributed by atoms with Crippen molar-refractivity contribution in [1.29, 1.82) is 0 Å². The average Bonchev–Trinajstić information content (AvgIpc) is 2.36. The molecule has 0 aliphatic rings. The van der Waals surface area contributed by atoms with Crippen molar-refractivity contribution in [3.8, 4) is 0 Å². The third-order valence-corrected chi connectivity index (χ3v) is 2.74. The third-order valence-electron chi connectivity index (χ3n) is 2.74. The molecule has 2 rings (SSSR count). The Morgan fingerprint density at radius 2 is 1.72 bits per heavy atom. The van der Waals surface area contributed by atoms with Gasteiger partial charge in [0.2, 0.25) is 0 Å². The maximum Gasteiger partial charge on any atom is 0.184 e. The lowest BCUT2D eigenvalue weighted by molar-refractivity contribution is 0.508. The Hall–Kier alpha value is -2.10. The summed E-state index contributed by atoms with van der Waals surface area (Å²) < 4.78 is 26.9. The second kappa shape index (κ2) is 5.04. The molecular weight excluding hydrogens is 234 g/mol. The molecule has 0 aliphatic heterocycles. The molecule has 2 aromatic rings.